The van der Waals surface area contributed by atoms with Crippen LogP contribution in [0, 0.1) is 0 Å². The normalized spacial score (nSPS) is 23.2. The lowest BCUT2D eigenvalue weighted by atomic mass is 9.65. The van der Waals surface area contributed by atoms with E-state index < -0.39 is 5.54 Å². The summed E-state index contributed by atoms with van der Waals surface area (Å²) < 4.78 is 0. The first-order valence-corrected chi connectivity index (χ1v) is 13.9. The van der Waals surface area contributed by atoms with E-state index in [9.17, 15) is 4.79 Å². The molecule has 196 valence electrons. The van der Waals surface area contributed by atoms with Crippen LogP contribution in [0.3, 0.4) is 0 Å². The van der Waals surface area contributed by atoms with Gasteiger partial charge in [-0.25, -0.2) is 0 Å². The molecule has 1 fully saturated rings. The van der Waals surface area contributed by atoms with Gasteiger partial charge in [0, 0.05) is 34.4 Å². The number of nitrogens with one attached hydrogen (secondary N) is 1. The number of carbonyl (C=O) groups excluding carboxylic acids is 1. The van der Waals surface area contributed by atoms with Gasteiger partial charge in [0.25, 0.3) is 5.91 Å². The van der Waals surface area contributed by atoms with E-state index in [1.54, 1.807) is 18.2 Å². The number of halogens is 1. The topological polar surface area (TPSA) is 65.4 Å². The SMILES string of the molecule is CN(C)C1(Cc2ccccc2)CCC2(CC1)c1[nH]c3ccccc3c1CCN2C(=O)c1c(N)cccc1Cl. The molecule has 0 unspecified atom stereocenters. The first kappa shape index (κ1) is 25.0. The van der Waals surface area contributed by atoms with Gasteiger partial charge in [0.05, 0.1) is 16.1 Å². The molecule has 3 N–H and O–H groups in total. The second-order valence-electron chi connectivity index (χ2n) is 11.2. The highest BCUT2D eigenvalue weighted by molar-refractivity contribution is 6.34. The molecule has 1 aliphatic heterocycles. The largest absolute Gasteiger partial charge is 0.398 e. The van der Waals surface area contributed by atoms with Crippen LogP contribution >= 0.6 is 11.6 Å². The first-order valence-electron chi connectivity index (χ1n) is 13.5. The molecule has 1 aromatic heterocycles. The molecule has 0 bridgehead atoms. The summed E-state index contributed by atoms with van der Waals surface area (Å²) in [6.07, 6.45) is 5.49. The lowest BCUT2D eigenvalue weighted by Crippen LogP contribution is -2.60. The van der Waals surface area contributed by atoms with E-state index in [0.29, 0.717) is 22.8 Å². The van der Waals surface area contributed by atoms with Crippen molar-refractivity contribution in [3.8, 4) is 0 Å². The smallest absolute Gasteiger partial charge is 0.258 e. The maximum Gasteiger partial charge on any atom is 0.258 e. The molecule has 1 saturated carbocycles. The summed E-state index contributed by atoms with van der Waals surface area (Å²) in [4.78, 5) is 22.5. The van der Waals surface area contributed by atoms with Crippen molar-refractivity contribution in [1.82, 2.24) is 14.8 Å². The third-order valence-electron chi connectivity index (χ3n) is 9.22. The van der Waals surface area contributed by atoms with E-state index in [-0.39, 0.29) is 11.4 Å². The third-order valence-corrected chi connectivity index (χ3v) is 9.53. The Morgan fingerprint density at radius 3 is 2.39 bits per heavy atom. The molecule has 0 saturated heterocycles. The van der Waals surface area contributed by atoms with Gasteiger partial charge in [0.1, 0.15) is 0 Å². The Balaban J connectivity index is 1.44. The van der Waals surface area contributed by atoms with Crippen molar-refractivity contribution in [3.63, 3.8) is 0 Å². The molecule has 6 rings (SSSR count). The highest BCUT2D eigenvalue weighted by Crippen LogP contribution is 2.52. The Hall–Kier alpha value is -3.28. The number of fused-ring (bicyclic) bond motifs is 4. The Morgan fingerprint density at radius 1 is 0.974 bits per heavy atom. The summed E-state index contributed by atoms with van der Waals surface area (Å²) in [6.45, 7) is 0.645. The van der Waals surface area contributed by atoms with Gasteiger partial charge in [0.2, 0.25) is 0 Å². The number of aromatic amines is 1. The number of anilines is 1. The number of para-hydroxylation sites is 1. The number of nitrogen functional groups attached to an aromatic ring is 1. The molecule has 5 nitrogen and oxygen atoms in total. The van der Waals surface area contributed by atoms with Crippen LogP contribution in [0.25, 0.3) is 10.9 Å². The lowest BCUT2D eigenvalue weighted by molar-refractivity contribution is -0.0122. The summed E-state index contributed by atoms with van der Waals surface area (Å²) in [7, 11) is 4.40. The Kier molecular flexibility index (Phi) is 6.24. The van der Waals surface area contributed by atoms with E-state index in [0.717, 1.165) is 44.0 Å². The highest BCUT2D eigenvalue weighted by Gasteiger charge is 2.52. The quantitative estimate of drug-likeness (QED) is 0.302. The van der Waals surface area contributed by atoms with Crippen molar-refractivity contribution in [2.75, 3.05) is 26.4 Å². The standard InChI is InChI=1S/C32H35ClN4O/c1-36(2)31(21-22-9-4-3-5-10-22)16-18-32(19-17-31)29-24(23-11-6-7-14-27(23)35-29)15-20-37(32)30(38)28-25(33)12-8-13-26(28)34/h3-14,35H,15-21,34H2,1-2H3. The summed E-state index contributed by atoms with van der Waals surface area (Å²) in [6, 6.07) is 24.6. The summed E-state index contributed by atoms with van der Waals surface area (Å²) >= 11 is 6.57. The van der Waals surface area contributed by atoms with E-state index in [4.69, 9.17) is 17.3 Å². The van der Waals surface area contributed by atoms with Crippen molar-refractivity contribution < 1.29 is 4.79 Å². The molecular formula is C32H35ClN4O. The maximum atomic E-state index is 14.3. The summed E-state index contributed by atoms with van der Waals surface area (Å²) in [5.41, 5.74) is 11.8. The second-order valence-corrected chi connectivity index (χ2v) is 11.7. The van der Waals surface area contributed by atoms with Gasteiger partial charge in [-0.05, 0) is 81.9 Å². The fourth-order valence-corrected chi connectivity index (χ4v) is 7.30. The molecule has 6 heteroatoms. The number of aromatic nitrogens is 1. The van der Waals surface area contributed by atoms with E-state index in [1.807, 2.05) is 0 Å². The summed E-state index contributed by atoms with van der Waals surface area (Å²) in [5, 5.41) is 1.68. The van der Waals surface area contributed by atoms with Crippen LogP contribution in [0.2, 0.25) is 5.02 Å². The number of benzene rings is 3. The molecule has 0 atom stereocenters. The van der Waals surface area contributed by atoms with Crippen molar-refractivity contribution >= 4 is 34.1 Å². The number of likely N-dealkylation sites (N-methyl/N-ethyl adjacent to an activating group) is 1. The molecule has 2 aliphatic rings. The number of hydrogen-bond donors (Lipinski definition) is 2. The van der Waals surface area contributed by atoms with Gasteiger partial charge >= 0.3 is 0 Å². The van der Waals surface area contributed by atoms with Crippen LogP contribution < -0.4 is 5.73 Å². The van der Waals surface area contributed by atoms with E-state index >= 15 is 0 Å². The first-order chi connectivity index (χ1) is 18.3. The van der Waals surface area contributed by atoms with Crippen LogP contribution in [0.1, 0.15) is 52.9 Å². The Bertz CT molecular complexity index is 1460. The van der Waals surface area contributed by atoms with E-state index in [2.05, 4.69) is 83.5 Å². The fourth-order valence-electron chi connectivity index (χ4n) is 7.03. The number of carbonyl (C=O) groups is 1. The highest BCUT2D eigenvalue weighted by atomic mass is 35.5. The van der Waals surface area contributed by atoms with Gasteiger partial charge in [-0.1, -0.05) is 66.2 Å². The average molecular weight is 527 g/mol. The number of H-pyrrole nitrogens is 1. The van der Waals surface area contributed by atoms with Gasteiger partial charge in [-0.15, -0.1) is 0 Å². The number of nitrogens with two attached hydrogens (primary N) is 1. The van der Waals surface area contributed by atoms with Crippen molar-refractivity contribution in [2.24, 2.45) is 0 Å². The second kappa shape index (κ2) is 9.48. The molecule has 0 radical (unpaired) electrons. The van der Waals surface area contributed by atoms with E-state index in [1.165, 1.54) is 22.2 Å². The molecular weight excluding hydrogens is 492 g/mol. The van der Waals surface area contributed by atoms with Gasteiger partial charge in [-0.2, -0.15) is 0 Å². The van der Waals surface area contributed by atoms with Crippen LogP contribution in [-0.4, -0.2) is 46.9 Å². The minimum atomic E-state index is -0.439. The molecule has 3 aromatic carbocycles. The van der Waals surface area contributed by atoms with Gasteiger partial charge < -0.3 is 20.5 Å². The van der Waals surface area contributed by atoms with Crippen LogP contribution in [0.4, 0.5) is 5.69 Å². The average Bonchev–Trinajstić information content (AvgIpc) is 3.30. The van der Waals surface area contributed by atoms with Crippen LogP contribution in [0.15, 0.2) is 72.8 Å². The zero-order chi connectivity index (χ0) is 26.5. The molecule has 1 spiro atoms. The van der Waals surface area contributed by atoms with Crippen molar-refractivity contribution in [3.05, 3.63) is 100 Å². The minimum Gasteiger partial charge on any atom is -0.398 e. The van der Waals surface area contributed by atoms with Crippen LogP contribution in [0.5, 0.6) is 0 Å². The monoisotopic (exact) mass is 526 g/mol. The summed E-state index contributed by atoms with van der Waals surface area (Å²) in [5.74, 6) is -0.0715. The zero-order valence-corrected chi connectivity index (χ0v) is 22.9. The van der Waals surface area contributed by atoms with Crippen molar-refractivity contribution in [1.29, 1.82) is 0 Å². The Morgan fingerprint density at radius 2 is 1.68 bits per heavy atom. The number of rotatable bonds is 4. The Labute approximate surface area is 229 Å². The number of amides is 1. The van der Waals surface area contributed by atoms with Crippen molar-refractivity contribution in [2.45, 2.75) is 49.6 Å². The molecule has 1 aliphatic carbocycles. The number of hydrogen-bond acceptors (Lipinski definition) is 3. The predicted molar refractivity (Wildman–Crippen MR) is 156 cm³/mol. The zero-order valence-electron chi connectivity index (χ0n) is 22.1. The number of nitrogens with zero attached hydrogens (tertiary/aromatic N) is 2. The minimum absolute atomic E-state index is 0.0222. The van der Waals surface area contributed by atoms with Crippen LogP contribution in [-0.2, 0) is 18.4 Å². The maximum absolute atomic E-state index is 14.3. The molecule has 1 amide bonds. The predicted octanol–water partition coefficient (Wildman–Crippen LogP) is 6.41. The molecule has 38 heavy (non-hydrogen) atoms. The third kappa shape index (κ3) is 3.91. The fraction of sp³-hybridized carbons (Fsp3) is 0.344. The lowest BCUT2D eigenvalue weighted by Gasteiger charge is -2.55. The molecule has 2 heterocycles. The molecule has 4 aromatic rings. The van der Waals surface area contributed by atoms with Gasteiger partial charge in [-0.3, -0.25) is 4.79 Å². The van der Waals surface area contributed by atoms with Gasteiger partial charge in [0.15, 0.2) is 0 Å².